The highest BCUT2D eigenvalue weighted by atomic mass is 79.9. The molecule has 0 amide bonds. The van der Waals surface area contributed by atoms with Gasteiger partial charge in [0.2, 0.25) is 0 Å². The summed E-state index contributed by atoms with van der Waals surface area (Å²) in [6.07, 6.45) is -0.163. The van der Waals surface area contributed by atoms with Crippen LogP contribution in [0.5, 0.6) is 5.75 Å². The molecule has 1 unspecified atom stereocenters. The molecule has 0 saturated heterocycles. The summed E-state index contributed by atoms with van der Waals surface area (Å²) in [7, 11) is 0.201. The van der Waals surface area contributed by atoms with E-state index in [1.54, 1.807) is 7.11 Å². The van der Waals surface area contributed by atoms with E-state index < -0.39 is 9.04 Å². The molecule has 28 heavy (non-hydrogen) atoms. The van der Waals surface area contributed by atoms with Gasteiger partial charge in [-0.25, -0.2) is 4.98 Å². The molecule has 0 bridgehead atoms. The Labute approximate surface area is 177 Å². The molecular weight excluding hydrogens is 430 g/mol. The second-order valence-corrected chi connectivity index (χ2v) is 10.5. The Kier molecular flexibility index (Phi) is 6.70. The summed E-state index contributed by atoms with van der Waals surface area (Å²) in [4.78, 5) is 4.73. The second-order valence-electron chi connectivity index (χ2n) is 7.65. The lowest BCUT2D eigenvalue weighted by Crippen LogP contribution is -2.47. The summed E-state index contributed by atoms with van der Waals surface area (Å²) in [6.45, 7) is 6.56. The molecule has 1 radical (unpaired) electrons. The van der Waals surface area contributed by atoms with Gasteiger partial charge in [-0.3, -0.25) is 0 Å². The predicted octanol–water partition coefficient (Wildman–Crippen LogP) is 4.76. The molecule has 0 aliphatic heterocycles. The van der Waals surface area contributed by atoms with Crippen LogP contribution in [0.3, 0.4) is 0 Å². The monoisotopic (exact) mass is 454 g/mol. The lowest BCUT2D eigenvalue weighted by Gasteiger charge is -2.33. The van der Waals surface area contributed by atoms with Crippen LogP contribution in [-0.2, 0) is 4.43 Å². The van der Waals surface area contributed by atoms with Gasteiger partial charge in [0.25, 0.3) is 9.04 Å². The minimum absolute atomic E-state index is 0.124. The highest BCUT2D eigenvalue weighted by Gasteiger charge is 2.33. The first-order chi connectivity index (χ1) is 13.4. The normalized spacial score (nSPS) is 12.8. The number of pyridine rings is 1. The maximum Gasteiger partial charge on any atom is 0.283 e. The van der Waals surface area contributed by atoms with Crippen LogP contribution in [0.15, 0.2) is 77.4 Å². The smallest absolute Gasteiger partial charge is 0.283 e. The maximum atomic E-state index is 6.88. The summed E-state index contributed by atoms with van der Waals surface area (Å²) in [6, 6.07) is 24.9. The van der Waals surface area contributed by atoms with Gasteiger partial charge in [0.05, 0.1) is 18.9 Å². The first-order valence-corrected chi connectivity index (χ1v) is 11.4. The Morgan fingerprint density at radius 3 is 1.82 bits per heavy atom. The second kappa shape index (κ2) is 9.03. The van der Waals surface area contributed by atoms with Crippen molar-refractivity contribution in [2.75, 3.05) is 7.11 Å². The lowest BCUT2D eigenvalue weighted by atomic mass is 9.87. The van der Waals surface area contributed by atoms with Crippen molar-refractivity contribution < 1.29 is 9.16 Å². The van der Waals surface area contributed by atoms with Gasteiger partial charge in [-0.2, -0.15) is 0 Å². The number of halogens is 1. The van der Waals surface area contributed by atoms with E-state index in [4.69, 9.17) is 14.1 Å². The van der Waals surface area contributed by atoms with Crippen LogP contribution in [0.2, 0.25) is 0 Å². The van der Waals surface area contributed by atoms with E-state index in [1.165, 1.54) is 10.4 Å². The van der Waals surface area contributed by atoms with E-state index in [2.05, 4.69) is 85.2 Å². The molecule has 145 valence electrons. The highest BCUT2D eigenvalue weighted by Crippen LogP contribution is 2.37. The fourth-order valence-corrected chi connectivity index (χ4v) is 5.82. The van der Waals surface area contributed by atoms with E-state index >= 15 is 0 Å². The molecule has 1 heterocycles. The number of aromatic nitrogens is 1. The molecule has 3 aromatic rings. The molecule has 0 aliphatic rings. The summed E-state index contributed by atoms with van der Waals surface area (Å²) in [5, 5.41) is 2.45. The van der Waals surface area contributed by atoms with E-state index in [0.29, 0.717) is 10.4 Å². The average molecular weight is 455 g/mol. The molecule has 0 fully saturated rings. The van der Waals surface area contributed by atoms with Gasteiger partial charge < -0.3 is 9.16 Å². The van der Waals surface area contributed by atoms with Gasteiger partial charge >= 0.3 is 0 Å². The third-order valence-electron chi connectivity index (χ3n) is 4.42. The van der Waals surface area contributed by atoms with Crippen molar-refractivity contribution in [3.05, 3.63) is 83.1 Å². The Balaban J connectivity index is 2.03. The number of ether oxygens (including phenoxy) is 1. The molecule has 2 aromatic carbocycles. The van der Waals surface area contributed by atoms with Crippen LogP contribution < -0.4 is 15.1 Å². The Morgan fingerprint density at radius 1 is 0.857 bits per heavy atom. The fourth-order valence-electron chi connectivity index (χ4n) is 3.01. The summed E-state index contributed by atoms with van der Waals surface area (Å²) in [5.74, 6) is 0.716. The van der Waals surface area contributed by atoms with Crippen LogP contribution in [0.1, 0.15) is 32.6 Å². The third-order valence-corrected chi connectivity index (χ3v) is 7.17. The number of hydrogen-bond donors (Lipinski definition) is 0. The molecule has 0 spiro atoms. The molecule has 3 nitrogen and oxygen atoms in total. The standard InChI is InChI=1S/C23H25BrNO2Si/c1-23(2,3)21(19-15-16-20(26-4)22(24)25-19)27-28(17-11-7-5-8-12-17)18-13-9-6-10-14-18/h5-16,21H,1-4H3. The number of benzene rings is 2. The first kappa shape index (κ1) is 20.8. The van der Waals surface area contributed by atoms with E-state index in [1.807, 2.05) is 24.3 Å². The Morgan fingerprint density at radius 2 is 1.39 bits per heavy atom. The van der Waals surface area contributed by atoms with Crippen molar-refractivity contribution in [2.24, 2.45) is 5.41 Å². The molecule has 3 rings (SSSR count). The topological polar surface area (TPSA) is 31.4 Å². The first-order valence-electron chi connectivity index (χ1n) is 9.25. The van der Waals surface area contributed by atoms with Gasteiger partial charge in [0.15, 0.2) is 5.75 Å². The van der Waals surface area contributed by atoms with Crippen LogP contribution in [0.4, 0.5) is 0 Å². The highest BCUT2D eigenvalue weighted by molar-refractivity contribution is 9.10. The zero-order chi connectivity index (χ0) is 20.1. The fraction of sp³-hybridized carbons (Fsp3) is 0.261. The molecule has 0 N–H and O–H groups in total. The molecule has 0 saturated carbocycles. The maximum absolute atomic E-state index is 6.88. The van der Waals surface area contributed by atoms with Crippen LogP contribution in [0.25, 0.3) is 0 Å². The van der Waals surface area contributed by atoms with Gasteiger partial charge in [0, 0.05) is 0 Å². The van der Waals surface area contributed by atoms with Gasteiger partial charge in [-0.15, -0.1) is 0 Å². The number of methoxy groups -OCH3 is 1. The Hall–Kier alpha value is -1.95. The van der Waals surface area contributed by atoms with Gasteiger partial charge in [-0.05, 0) is 43.9 Å². The van der Waals surface area contributed by atoms with Gasteiger partial charge in [0.1, 0.15) is 4.60 Å². The minimum Gasteiger partial charge on any atom is -0.494 e. The van der Waals surface area contributed by atoms with E-state index in [-0.39, 0.29) is 11.5 Å². The summed E-state index contributed by atoms with van der Waals surface area (Å²) < 4.78 is 12.9. The van der Waals surface area contributed by atoms with Crippen molar-refractivity contribution in [3.63, 3.8) is 0 Å². The molecule has 5 heteroatoms. The van der Waals surface area contributed by atoms with Gasteiger partial charge in [-0.1, -0.05) is 81.4 Å². The molecule has 0 aliphatic carbocycles. The lowest BCUT2D eigenvalue weighted by molar-refractivity contribution is 0.0855. The quantitative estimate of drug-likeness (QED) is 0.397. The molecular formula is C23H25BrNO2Si. The van der Waals surface area contributed by atoms with Crippen LogP contribution >= 0.6 is 15.9 Å². The average Bonchev–Trinajstić information content (AvgIpc) is 2.69. The molecule has 1 atom stereocenters. The summed E-state index contributed by atoms with van der Waals surface area (Å²) >= 11 is 3.52. The number of rotatable bonds is 6. The summed E-state index contributed by atoms with van der Waals surface area (Å²) in [5.41, 5.74) is 0.773. The van der Waals surface area contributed by atoms with Crippen molar-refractivity contribution in [2.45, 2.75) is 26.9 Å². The molecule has 1 aromatic heterocycles. The van der Waals surface area contributed by atoms with Crippen molar-refractivity contribution >= 4 is 35.3 Å². The van der Waals surface area contributed by atoms with E-state index in [0.717, 1.165) is 5.69 Å². The number of hydrogen-bond acceptors (Lipinski definition) is 3. The van der Waals surface area contributed by atoms with Crippen LogP contribution in [0, 0.1) is 5.41 Å². The van der Waals surface area contributed by atoms with E-state index in [9.17, 15) is 0 Å². The minimum atomic E-state index is -1.44. The zero-order valence-electron chi connectivity index (χ0n) is 16.6. The predicted molar refractivity (Wildman–Crippen MR) is 120 cm³/mol. The van der Waals surface area contributed by atoms with Crippen molar-refractivity contribution in [1.29, 1.82) is 0 Å². The zero-order valence-corrected chi connectivity index (χ0v) is 19.2. The van der Waals surface area contributed by atoms with Crippen molar-refractivity contribution in [1.82, 2.24) is 4.98 Å². The largest absolute Gasteiger partial charge is 0.494 e. The SMILES string of the molecule is COc1ccc(C(O[Si](c2ccccc2)c2ccccc2)C(C)(C)C)nc1Br. The number of nitrogens with zero attached hydrogens (tertiary/aromatic N) is 1. The van der Waals surface area contributed by atoms with Crippen LogP contribution in [-0.4, -0.2) is 21.1 Å². The van der Waals surface area contributed by atoms with Crippen molar-refractivity contribution in [3.8, 4) is 5.75 Å². The Bertz CT molecular complexity index is 858. The third kappa shape index (κ3) is 4.90.